The van der Waals surface area contributed by atoms with Crippen LogP contribution in [0.15, 0.2) is 60.7 Å². The molecule has 0 aromatic heterocycles. The first-order valence-corrected chi connectivity index (χ1v) is 10.6. The Balaban J connectivity index is 1.29. The summed E-state index contributed by atoms with van der Waals surface area (Å²) in [6, 6.07) is 20.2. The Hall–Kier alpha value is -3.42. The molecule has 156 valence electrons. The number of hydrogen-bond donors (Lipinski definition) is 2. The molecule has 3 aromatic carbocycles. The van der Waals surface area contributed by atoms with Crippen LogP contribution in [0.2, 0.25) is 5.02 Å². The molecule has 1 aliphatic rings. The fraction of sp³-hybridized carbons (Fsp3) is 0.192. The van der Waals surface area contributed by atoms with Crippen LogP contribution in [-0.4, -0.2) is 19.2 Å². The quantitative estimate of drug-likeness (QED) is 0.326. The van der Waals surface area contributed by atoms with Crippen molar-refractivity contribution in [3.8, 4) is 23.0 Å². The molecule has 0 atom stereocenters. The molecular weight excluding hydrogens is 408 g/mol. The number of carbonyl (C=O) groups is 1. The van der Waals surface area contributed by atoms with Gasteiger partial charge in [0.25, 0.3) is 0 Å². The molecule has 0 saturated carbocycles. The second kappa shape index (κ2) is 9.16. The normalized spacial score (nSPS) is 11.8. The molecule has 0 bridgehead atoms. The minimum Gasteiger partial charge on any atom is -0.449 e. The van der Waals surface area contributed by atoms with E-state index >= 15 is 0 Å². The van der Waals surface area contributed by atoms with E-state index in [0.717, 1.165) is 11.1 Å². The van der Waals surface area contributed by atoms with Gasteiger partial charge in [0.2, 0.25) is 0 Å². The number of anilines is 1. The Morgan fingerprint density at radius 3 is 2.39 bits per heavy atom. The van der Waals surface area contributed by atoms with E-state index in [4.69, 9.17) is 22.1 Å². The maximum absolute atomic E-state index is 12.2. The van der Waals surface area contributed by atoms with Crippen LogP contribution in [0.5, 0.6) is 0 Å². The smallest absolute Gasteiger partial charge is 0.407 e. The summed E-state index contributed by atoms with van der Waals surface area (Å²) >= 11 is 6.09. The maximum Gasteiger partial charge on any atom is 0.407 e. The van der Waals surface area contributed by atoms with Crippen molar-refractivity contribution in [1.29, 1.82) is 0 Å². The molecule has 4 rings (SSSR count). The summed E-state index contributed by atoms with van der Waals surface area (Å²) < 4.78 is 5.52. The lowest BCUT2D eigenvalue weighted by Gasteiger charge is -2.14. The van der Waals surface area contributed by atoms with Gasteiger partial charge in [-0.1, -0.05) is 72.0 Å². The number of alkyl carbamates (subject to hydrolysis) is 1. The fourth-order valence-corrected chi connectivity index (χ4v) is 4.14. The Bertz CT molecular complexity index is 1120. The largest absolute Gasteiger partial charge is 0.449 e. The number of nitrogens with two attached hydrogens (primary N) is 1. The minimum atomic E-state index is -0.435. The lowest BCUT2D eigenvalue weighted by Crippen LogP contribution is -2.26. The average molecular weight is 431 g/mol. The maximum atomic E-state index is 12.2. The molecule has 3 aromatic rings. The predicted octanol–water partition coefficient (Wildman–Crippen LogP) is 5.51. The standard InChI is InChI=1S/C26H23ClN2O2/c1-17-14-18(15-24(27)25(17)28)8-6-7-13-29-26(30)31-16-23-21-11-4-2-9-19(21)20-10-3-5-12-22(20)23/h2-5,9-12,14-15,23H,7,13,16,28H2,1H3,(H,29,30). The molecule has 0 heterocycles. The number of rotatable bonds is 4. The minimum absolute atomic E-state index is 0.0523. The van der Waals surface area contributed by atoms with E-state index in [0.29, 0.717) is 30.3 Å². The van der Waals surface area contributed by atoms with Crippen molar-refractivity contribution in [2.24, 2.45) is 0 Å². The van der Waals surface area contributed by atoms with E-state index in [2.05, 4.69) is 41.4 Å². The van der Waals surface area contributed by atoms with Gasteiger partial charge < -0.3 is 15.8 Å². The van der Waals surface area contributed by atoms with Crippen LogP contribution in [0.1, 0.15) is 34.6 Å². The topological polar surface area (TPSA) is 64.3 Å². The SMILES string of the molecule is Cc1cc(C#CCCNC(=O)OCC2c3ccccc3-c3ccccc32)cc(Cl)c1N. The van der Waals surface area contributed by atoms with Crippen LogP contribution in [0.25, 0.3) is 11.1 Å². The van der Waals surface area contributed by atoms with E-state index in [1.807, 2.05) is 37.3 Å². The van der Waals surface area contributed by atoms with Crippen LogP contribution in [0.3, 0.4) is 0 Å². The highest BCUT2D eigenvalue weighted by Crippen LogP contribution is 2.44. The number of nitrogens with one attached hydrogen (secondary N) is 1. The van der Waals surface area contributed by atoms with Gasteiger partial charge in [-0.15, -0.1) is 0 Å². The lowest BCUT2D eigenvalue weighted by atomic mass is 9.98. The van der Waals surface area contributed by atoms with Gasteiger partial charge in [-0.25, -0.2) is 4.79 Å². The molecule has 0 radical (unpaired) electrons. The number of hydrogen-bond acceptors (Lipinski definition) is 3. The zero-order valence-corrected chi connectivity index (χ0v) is 18.0. The van der Waals surface area contributed by atoms with E-state index < -0.39 is 6.09 Å². The van der Waals surface area contributed by atoms with Crippen molar-refractivity contribution >= 4 is 23.4 Å². The van der Waals surface area contributed by atoms with E-state index in [1.54, 1.807) is 6.07 Å². The molecule has 31 heavy (non-hydrogen) atoms. The van der Waals surface area contributed by atoms with Crippen LogP contribution in [0, 0.1) is 18.8 Å². The highest BCUT2D eigenvalue weighted by molar-refractivity contribution is 6.33. The predicted molar refractivity (Wildman–Crippen MR) is 125 cm³/mol. The van der Waals surface area contributed by atoms with Gasteiger partial charge in [-0.2, -0.15) is 0 Å². The van der Waals surface area contributed by atoms with Gasteiger partial charge in [-0.3, -0.25) is 0 Å². The third-order valence-corrected chi connectivity index (χ3v) is 5.74. The summed E-state index contributed by atoms with van der Waals surface area (Å²) in [4.78, 5) is 12.2. The Morgan fingerprint density at radius 2 is 1.74 bits per heavy atom. The van der Waals surface area contributed by atoms with Gasteiger partial charge in [0, 0.05) is 24.4 Å². The van der Waals surface area contributed by atoms with Crippen LogP contribution >= 0.6 is 11.6 Å². The van der Waals surface area contributed by atoms with Crippen molar-refractivity contribution in [2.45, 2.75) is 19.3 Å². The first-order valence-electron chi connectivity index (χ1n) is 10.2. The molecule has 0 fully saturated rings. The third-order valence-electron chi connectivity index (χ3n) is 5.43. The average Bonchev–Trinajstić information content (AvgIpc) is 3.09. The Labute approximate surface area is 187 Å². The zero-order valence-electron chi connectivity index (χ0n) is 17.2. The lowest BCUT2D eigenvalue weighted by molar-refractivity contribution is 0.143. The third kappa shape index (κ3) is 4.52. The molecule has 1 amide bonds. The van der Waals surface area contributed by atoms with Crippen LogP contribution in [0.4, 0.5) is 10.5 Å². The van der Waals surface area contributed by atoms with Gasteiger partial charge in [-0.05, 0) is 46.9 Å². The monoisotopic (exact) mass is 430 g/mol. The van der Waals surface area contributed by atoms with Crippen molar-refractivity contribution in [3.63, 3.8) is 0 Å². The van der Waals surface area contributed by atoms with Crippen molar-refractivity contribution < 1.29 is 9.53 Å². The summed E-state index contributed by atoms with van der Waals surface area (Å²) in [6.45, 7) is 2.60. The molecule has 0 aliphatic heterocycles. The van der Waals surface area contributed by atoms with E-state index in [1.165, 1.54) is 22.3 Å². The first kappa shape index (κ1) is 20.8. The molecule has 1 aliphatic carbocycles. The Kier molecular flexibility index (Phi) is 6.16. The summed E-state index contributed by atoms with van der Waals surface area (Å²) in [5.74, 6) is 6.13. The number of amides is 1. The molecule has 3 N–H and O–H groups in total. The number of fused-ring (bicyclic) bond motifs is 3. The molecule has 0 unspecified atom stereocenters. The van der Waals surface area contributed by atoms with E-state index in [9.17, 15) is 4.79 Å². The summed E-state index contributed by atoms with van der Waals surface area (Å²) in [5.41, 5.74) is 12.9. The number of ether oxygens (including phenoxy) is 1. The molecule has 5 heteroatoms. The van der Waals surface area contributed by atoms with Gasteiger partial charge >= 0.3 is 6.09 Å². The van der Waals surface area contributed by atoms with Crippen molar-refractivity contribution in [2.75, 3.05) is 18.9 Å². The zero-order chi connectivity index (χ0) is 21.8. The van der Waals surface area contributed by atoms with Gasteiger partial charge in [0.1, 0.15) is 6.61 Å². The van der Waals surface area contributed by atoms with Crippen LogP contribution < -0.4 is 11.1 Å². The van der Waals surface area contributed by atoms with Gasteiger partial charge in [0.15, 0.2) is 0 Å². The molecule has 0 spiro atoms. The number of halogens is 1. The summed E-state index contributed by atoms with van der Waals surface area (Å²) in [5, 5.41) is 3.26. The van der Waals surface area contributed by atoms with Crippen LogP contribution in [-0.2, 0) is 4.74 Å². The fourth-order valence-electron chi connectivity index (χ4n) is 3.87. The molecular formula is C26H23ClN2O2. The van der Waals surface area contributed by atoms with Crippen molar-refractivity contribution in [1.82, 2.24) is 5.32 Å². The second-order valence-electron chi connectivity index (χ2n) is 7.49. The highest BCUT2D eigenvalue weighted by Gasteiger charge is 2.28. The summed E-state index contributed by atoms with van der Waals surface area (Å²) in [7, 11) is 0. The highest BCUT2D eigenvalue weighted by atomic mass is 35.5. The molecule has 4 nitrogen and oxygen atoms in total. The van der Waals surface area contributed by atoms with E-state index in [-0.39, 0.29) is 5.92 Å². The number of nitrogen functional groups attached to an aromatic ring is 1. The summed E-state index contributed by atoms with van der Waals surface area (Å²) in [6.07, 6.45) is 0.0700. The Morgan fingerprint density at radius 1 is 1.10 bits per heavy atom. The first-order chi connectivity index (χ1) is 15.0. The molecule has 0 saturated heterocycles. The number of aryl methyl sites for hydroxylation is 1. The number of benzene rings is 3. The number of carbonyl (C=O) groups excluding carboxylic acids is 1. The van der Waals surface area contributed by atoms with Gasteiger partial charge in [0.05, 0.1) is 10.7 Å². The van der Waals surface area contributed by atoms with Crippen molar-refractivity contribution in [3.05, 3.63) is 87.9 Å². The second-order valence-corrected chi connectivity index (χ2v) is 7.90.